The highest BCUT2D eigenvalue weighted by molar-refractivity contribution is 6.05. The summed E-state index contributed by atoms with van der Waals surface area (Å²) in [6, 6.07) is 11.2. The van der Waals surface area contributed by atoms with E-state index < -0.39 is 10.8 Å². The smallest absolute Gasteiger partial charge is 0.293 e. The van der Waals surface area contributed by atoms with Gasteiger partial charge >= 0.3 is 0 Å². The number of nitro groups is 1. The second kappa shape index (κ2) is 9.36. The molecule has 1 aliphatic rings. The zero-order valence-electron chi connectivity index (χ0n) is 16.9. The molecular weight excluding hydrogens is 388 g/mol. The molecule has 0 bridgehead atoms. The Morgan fingerprint density at radius 1 is 1.07 bits per heavy atom. The average Bonchev–Trinajstić information content (AvgIpc) is 2.74. The Labute approximate surface area is 174 Å². The van der Waals surface area contributed by atoms with Crippen LogP contribution in [-0.4, -0.2) is 43.0 Å². The number of ether oxygens (including phenoxy) is 1. The summed E-state index contributed by atoms with van der Waals surface area (Å²) >= 11 is 0. The molecule has 2 aromatic rings. The van der Waals surface area contributed by atoms with Crippen molar-refractivity contribution < 1.29 is 19.2 Å². The van der Waals surface area contributed by atoms with Crippen molar-refractivity contribution in [2.24, 2.45) is 5.92 Å². The lowest BCUT2D eigenvalue weighted by Crippen LogP contribution is -2.36. The minimum atomic E-state index is -0.482. The molecule has 3 rings (SSSR count). The van der Waals surface area contributed by atoms with Gasteiger partial charge in [0.15, 0.2) is 0 Å². The van der Waals surface area contributed by atoms with Crippen LogP contribution >= 0.6 is 0 Å². The van der Waals surface area contributed by atoms with Gasteiger partial charge in [-0.3, -0.25) is 19.7 Å². The zero-order valence-corrected chi connectivity index (χ0v) is 16.9. The molecule has 1 heterocycles. The van der Waals surface area contributed by atoms with Gasteiger partial charge in [0.1, 0.15) is 5.69 Å². The van der Waals surface area contributed by atoms with Crippen LogP contribution in [0.3, 0.4) is 0 Å². The van der Waals surface area contributed by atoms with Gasteiger partial charge in [0.2, 0.25) is 5.91 Å². The number of rotatable bonds is 6. The molecule has 2 aromatic carbocycles. The molecule has 0 spiro atoms. The van der Waals surface area contributed by atoms with Crippen molar-refractivity contribution in [3.8, 4) is 0 Å². The van der Waals surface area contributed by atoms with Crippen LogP contribution in [0.4, 0.5) is 22.7 Å². The maximum atomic E-state index is 12.7. The normalized spacial score (nSPS) is 13.8. The molecule has 30 heavy (non-hydrogen) atoms. The van der Waals surface area contributed by atoms with Crippen molar-refractivity contribution in [2.45, 2.75) is 13.8 Å². The van der Waals surface area contributed by atoms with E-state index in [9.17, 15) is 19.7 Å². The van der Waals surface area contributed by atoms with Gasteiger partial charge in [0.05, 0.1) is 18.1 Å². The van der Waals surface area contributed by atoms with Crippen molar-refractivity contribution in [1.29, 1.82) is 0 Å². The fourth-order valence-electron chi connectivity index (χ4n) is 3.05. The van der Waals surface area contributed by atoms with Gasteiger partial charge in [-0.2, -0.15) is 0 Å². The molecule has 1 aliphatic heterocycles. The fraction of sp³-hybridized carbons (Fsp3) is 0.333. The number of amides is 2. The Morgan fingerprint density at radius 3 is 2.37 bits per heavy atom. The molecule has 2 amide bonds. The predicted molar refractivity (Wildman–Crippen MR) is 114 cm³/mol. The molecule has 0 radical (unpaired) electrons. The van der Waals surface area contributed by atoms with Gasteiger partial charge in [0.25, 0.3) is 11.6 Å². The second-order valence-corrected chi connectivity index (χ2v) is 7.24. The zero-order chi connectivity index (χ0) is 21.7. The van der Waals surface area contributed by atoms with Gasteiger partial charge in [-0.1, -0.05) is 19.9 Å². The van der Waals surface area contributed by atoms with Crippen LogP contribution in [0.25, 0.3) is 0 Å². The first-order valence-electron chi connectivity index (χ1n) is 9.68. The van der Waals surface area contributed by atoms with E-state index in [1.807, 2.05) is 4.90 Å². The van der Waals surface area contributed by atoms with Crippen LogP contribution in [0.15, 0.2) is 42.5 Å². The number of hydrogen-bond acceptors (Lipinski definition) is 6. The summed E-state index contributed by atoms with van der Waals surface area (Å²) in [5.41, 5.74) is 1.55. The average molecular weight is 412 g/mol. The maximum Gasteiger partial charge on any atom is 0.293 e. The second-order valence-electron chi connectivity index (χ2n) is 7.24. The quantitative estimate of drug-likeness (QED) is 0.556. The number of benzene rings is 2. The highest BCUT2D eigenvalue weighted by Crippen LogP contribution is 2.30. The third-order valence-corrected chi connectivity index (χ3v) is 4.70. The van der Waals surface area contributed by atoms with E-state index in [0.717, 1.165) is 0 Å². The first-order chi connectivity index (χ1) is 14.3. The molecule has 0 aliphatic carbocycles. The third kappa shape index (κ3) is 5.12. The lowest BCUT2D eigenvalue weighted by Gasteiger charge is -2.28. The van der Waals surface area contributed by atoms with Gasteiger partial charge < -0.3 is 20.3 Å². The number of carbonyl (C=O) groups is 2. The summed E-state index contributed by atoms with van der Waals surface area (Å²) in [4.78, 5) is 37.5. The van der Waals surface area contributed by atoms with Gasteiger partial charge in [-0.25, -0.2) is 0 Å². The van der Waals surface area contributed by atoms with Crippen LogP contribution in [0.1, 0.15) is 24.2 Å². The van der Waals surface area contributed by atoms with Crippen molar-refractivity contribution in [3.63, 3.8) is 0 Å². The first kappa shape index (κ1) is 21.3. The Morgan fingerprint density at radius 2 is 1.73 bits per heavy atom. The van der Waals surface area contributed by atoms with Crippen LogP contribution in [0.5, 0.6) is 0 Å². The van der Waals surface area contributed by atoms with Crippen molar-refractivity contribution >= 4 is 34.6 Å². The van der Waals surface area contributed by atoms with E-state index in [4.69, 9.17) is 4.74 Å². The number of morpholine rings is 1. The maximum absolute atomic E-state index is 12.7. The number of hydrogen-bond donors (Lipinski definition) is 2. The number of nitrogens with one attached hydrogen (secondary N) is 2. The topological polar surface area (TPSA) is 114 Å². The highest BCUT2D eigenvalue weighted by atomic mass is 16.6. The molecule has 1 saturated heterocycles. The number of nitrogens with zero attached hydrogens (tertiary/aromatic N) is 2. The standard InChI is InChI=1S/C21H24N4O5/c1-14(2)20(26)22-16-4-3-5-17(13-16)23-21(27)15-6-7-18(19(12-15)25(28)29)24-8-10-30-11-9-24/h3-7,12-14H,8-11H2,1-2H3,(H,22,26)(H,23,27). The summed E-state index contributed by atoms with van der Waals surface area (Å²) in [6.45, 7) is 5.69. The van der Waals surface area contributed by atoms with E-state index in [1.165, 1.54) is 6.07 Å². The number of anilines is 3. The van der Waals surface area contributed by atoms with Crippen molar-refractivity contribution in [3.05, 3.63) is 58.1 Å². The molecule has 0 saturated carbocycles. The lowest BCUT2D eigenvalue weighted by atomic mass is 10.1. The van der Waals surface area contributed by atoms with E-state index in [0.29, 0.717) is 43.4 Å². The monoisotopic (exact) mass is 412 g/mol. The fourth-order valence-corrected chi connectivity index (χ4v) is 3.05. The summed E-state index contributed by atoms with van der Waals surface area (Å²) < 4.78 is 5.29. The van der Waals surface area contributed by atoms with E-state index >= 15 is 0 Å². The minimum absolute atomic E-state index is 0.123. The minimum Gasteiger partial charge on any atom is -0.378 e. The first-order valence-corrected chi connectivity index (χ1v) is 9.68. The highest BCUT2D eigenvalue weighted by Gasteiger charge is 2.23. The Bertz CT molecular complexity index is 954. The molecule has 0 atom stereocenters. The van der Waals surface area contributed by atoms with Gasteiger partial charge in [-0.15, -0.1) is 0 Å². The lowest BCUT2D eigenvalue weighted by molar-refractivity contribution is -0.384. The molecule has 158 valence electrons. The van der Waals surface area contributed by atoms with Crippen LogP contribution in [0, 0.1) is 16.0 Å². The third-order valence-electron chi connectivity index (χ3n) is 4.70. The van der Waals surface area contributed by atoms with E-state index in [1.54, 1.807) is 50.2 Å². The summed E-state index contributed by atoms with van der Waals surface area (Å²) in [5.74, 6) is -0.777. The Balaban J connectivity index is 1.77. The van der Waals surface area contributed by atoms with Gasteiger partial charge in [-0.05, 0) is 30.3 Å². The van der Waals surface area contributed by atoms with Crippen LogP contribution in [0.2, 0.25) is 0 Å². The Hall–Kier alpha value is -3.46. The van der Waals surface area contributed by atoms with Crippen LogP contribution in [-0.2, 0) is 9.53 Å². The molecular formula is C21H24N4O5. The molecule has 9 nitrogen and oxygen atoms in total. The van der Waals surface area contributed by atoms with Gasteiger partial charge in [0, 0.05) is 42.0 Å². The van der Waals surface area contributed by atoms with Crippen LogP contribution < -0.4 is 15.5 Å². The van der Waals surface area contributed by atoms with E-state index in [-0.39, 0.29) is 23.1 Å². The van der Waals surface area contributed by atoms with Crippen molar-refractivity contribution in [2.75, 3.05) is 41.8 Å². The largest absolute Gasteiger partial charge is 0.378 e. The van der Waals surface area contributed by atoms with Crippen molar-refractivity contribution in [1.82, 2.24) is 0 Å². The number of carbonyl (C=O) groups excluding carboxylic acids is 2. The molecule has 2 N–H and O–H groups in total. The summed E-state index contributed by atoms with van der Waals surface area (Å²) in [6.07, 6.45) is 0. The molecule has 0 unspecified atom stereocenters. The predicted octanol–water partition coefficient (Wildman–Crippen LogP) is 3.28. The molecule has 9 heteroatoms. The number of nitro benzene ring substituents is 1. The summed E-state index contributed by atoms with van der Waals surface area (Å²) in [7, 11) is 0. The Kier molecular flexibility index (Phi) is 6.63. The molecule has 0 aromatic heterocycles. The van der Waals surface area contributed by atoms with E-state index in [2.05, 4.69) is 10.6 Å². The summed E-state index contributed by atoms with van der Waals surface area (Å²) in [5, 5.41) is 17.1. The SMILES string of the molecule is CC(C)C(=O)Nc1cccc(NC(=O)c2ccc(N3CCOCC3)c([N+](=O)[O-])c2)c1. The molecule has 1 fully saturated rings.